The molecule has 1 amide bonds. The lowest BCUT2D eigenvalue weighted by Crippen LogP contribution is -2.39. The highest BCUT2D eigenvalue weighted by Gasteiger charge is 2.08. The molecule has 0 aromatic rings. The maximum atomic E-state index is 12.6. The Bertz CT molecular complexity index is 104. The van der Waals surface area contributed by atoms with Crippen LogP contribution in [0.4, 0.5) is 4.39 Å². The van der Waals surface area contributed by atoms with Crippen LogP contribution in [-0.2, 0) is 4.79 Å². The number of rotatable bonds is 5. The van der Waals surface area contributed by atoms with Gasteiger partial charge in [0.15, 0.2) is 6.30 Å². The van der Waals surface area contributed by atoms with Gasteiger partial charge in [0.05, 0.1) is 0 Å². The number of amides is 1. The van der Waals surface area contributed by atoms with Crippen molar-refractivity contribution in [3.05, 3.63) is 12.7 Å². The Morgan fingerprint density at radius 3 is 2.90 bits per heavy atom. The van der Waals surface area contributed by atoms with Crippen LogP contribution in [0.25, 0.3) is 0 Å². The zero-order valence-corrected chi connectivity index (χ0v) is 5.88. The van der Waals surface area contributed by atoms with E-state index in [2.05, 4.69) is 12.0 Å². The molecule has 0 aliphatic rings. The average molecular weight is 146 g/mol. The van der Waals surface area contributed by atoms with Crippen molar-refractivity contribution in [3.63, 3.8) is 0 Å². The van der Waals surface area contributed by atoms with Crippen molar-refractivity contribution in [2.45, 2.75) is 12.7 Å². The van der Waals surface area contributed by atoms with Crippen LogP contribution in [0.3, 0.4) is 0 Å². The maximum absolute atomic E-state index is 12.6. The van der Waals surface area contributed by atoms with Gasteiger partial charge in [0, 0.05) is 13.5 Å². The molecule has 0 spiro atoms. The molecule has 0 aliphatic carbocycles. The minimum Gasteiger partial charge on any atom is -0.289 e. The standard InChI is InChI=1S/C6H11FN2O/c1-3-4-6(7)9(2)8-5-10/h3,5-6H,1,4H2,2H3,(H,8,10). The van der Waals surface area contributed by atoms with E-state index >= 15 is 0 Å². The minimum absolute atomic E-state index is 0.206. The fourth-order valence-corrected chi connectivity index (χ4v) is 0.460. The summed E-state index contributed by atoms with van der Waals surface area (Å²) in [6, 6.07) is 0. The van der Waals surface area contributed by atoms with Gasteiger partial charge in [-0.25, -0.2) is 4.39 Å². The second-order valence-electron chi connectivity index (χ2n) is 1.82. The second-order valence-corrected chi connectivity index (χ2v) is 1.82. The molecule has 1 unspecified atom stereocenters. The minimum atomic E-state index is -1.19. The van der Waals surface area contributed by atoms with E-state index in [0.717, 1.165) is 5.01 Å². The number of carbonyl (C=O) groups is 1. The van der Waals surface area contributed by atoms with Gasteiger partial charge < -0.3 is 0 Å². The van der Waals surface area contributed by atoms with Crippen molar-refractivity contribution in [1.82, 2.24) is 10.4 Å². The van der Waals surface area contributed by atoms with Crippen LogP contribution in [0.15, 0.2) is 12.7 Å². The van der Waals surface area contributed by atoms with Crippen LogP contribution in [-0.4, -0.2) is 24.8 Å². The molecule has 4 heteroatoms. The predicted molar refractivity (Wildman–Crippen MR) is 36.7 cm³/mol. The molecule has 1 N–H and O–H groups in total. The van der Waals surface area contributed by atoms with Gasteiger partial charge in [-0.3, -0.25) is 10.2 Å². The maximum Gasteiger partial charge on any atom is 0.221 e. The predicted octanol–water partition coefficient (Wildman–Crippen LogP) is 0.451. The summed E-state index contributed by atoms with van der Waals surface area (Å²) in [7, 11) is 1.45. The highest BCUT2D eigenvalue weighted by atomic mass is 19.1. The van der Waals surface area contributed by atoms with Gasteiger partial charge in [0.1, 0.15) is 0 Å². The number of carbonyl (C=O) groups excluding carboxylic acids is 1. The van der Waals surface area contributed by atoms with E-state index in [9.17, 15) is 9.18 Å². The molecule has 0 radical (unpaired) electrons. The number of hydrazine groups is 1. The summed E-state index contributed by atoms with van der Waals surface area (Å²) in [6.45, 7) is 3.36. The van der Waals surface area contributed by atoms with E-state index in [1.165, 1.54) is 13.1 Å². The molecule has 0 saturated carbocycles. The number of nitrogens with zero attached hydrogens (tertiary/aromatic N) is 1. The van der Waals surface area contributed by atoms with Gasteiger partial charge in [-0.2, -0.15) is 5.01 Å². The summed E-state index contributed by atoms with van der Waals surface area (Å²) in [5.74, 6) is 0. The number of hydrogen-bond donors (Lipinski definition) is 1. The Labute approximate surface area is 59.5 Å². The highest BCUT2D eigenvalue weighted by molar-refractivity contribution is 5.44. The first-order chi connectivity index (χ1) is 4.72. The second kappa shape index (κ2) is 4.93. The van der Waals surface area contributed by atoms with Gasteiger partial charge >= 0.3 is 0 Å². The Balaban J connectivity index is 3.56. The molecular formula is C6H11FN2O. The summed E-state index contributed by atoms with van der Waals surface area (Å²) in [5.41, 5.74) is 2.16. The van der Waals surface area contributed by atoms with Crippen LogP contribution in [0, 0.1) is 0 Å². The first-order valence-corrected chi connectivity index (χ1v) is 2.90. The van der Waals surface area contributed by atoms with Crippen molar-refractivity contribution in [2.75, 3.05) is 7.05 Å². The number of halogens is 1. The summed E-state index contributed by atoms with van der Waals surface area (Å²) in [4.78, 5) is 9.78. The first kappa shape index (κ1) is 9.10. The lowest BCUT2D eigenvalue weighted by molar-refractivity contribution is -0.115. The van der Waals surface area contributed by atoms with E-state index < -0.39 is 6.30 Å². The van der Waals surface area contributed by atoms with E-state index in [1.54, 1.807) is 0 Å². The van der Waals surface area contributed by atoms with Crippen LogP contribution in [0.1, 0.15) is 6.42 Å². The van der Waals surface area contributed by atoms with Crippen LogP contribution < -0.4 is 5.43 Å². The number of hydrogen-bond acceptors (Lipinski definition) is 2. The molecular weight excluding hydrogens is 135 g/mol. The van der Waals surface area contributed by atoms with Gasteiger partial charge in [0.25, 0.3) is 0 Å². The van der Waals surface area contributed by atoms with Crippen LogP contribution in [0.5, 0.6) is 0 Å². The fraction of sp³-hybridized carbons (Fsp3) is 0.500. The normalized spacial score (nSPS) is 12.7. The van der Waals surface area contributed by atoms with Crippen molar-refractivity contribution in [3.8, 4) is 0 Å². The molecule has 0 fully saturated rings. The average Bonchev–Trinajstić information content (AvgIpc) is 1.89. The van der Waals surface area contributed by atoms with E-state index in [4.69, 9.17) is 0 Å². The molecule has 0 bridgehead atoms. The van der Waals surface area contributed by atoms with E-state index in [0.29, 0.717) is 6.41 Å². The van der Waals surface area contributed by atoms with Gasteiger partial charge in [0.2, 0.25) is 6.41 Å². The van der Waals surface area contributed by atoms with Crippen LogP contribution in [0.2, 0.25) is 0 Å². The summed E-state index contributed by atoms with van der Waals surface area (Å²) < 4.78 is 12.6. The Hall–Kier alpha value is -0.900. The lowest BCUT2D eigenvalue weighted by Gasteiger charge is -2.17. The van der Waals surface area contributed by atoms with Crippen molar-refractivity contribution in [1.29, 1.82) is 0 Å². The monoisotopic (exact) mass is 146 g/mol. The zero-order chi connectivity index (χ0) is 7.98. The van der Waals surface area contributed by atoms with Gasteiger partial charge in [-0.15, -0.1) is 6.58 Å². The molecule has 10 heavy (non-hydrogen) atoms. The Kier molecular flexibility index (Phi) is 4.49. The SMILES string of the molecule is C=CCC(F)N(C)NC=O. The van der Waals surface area contributed by atoms with E-state index in [-0.39, 0.29) is 6.42 Å². The van der Waals surface area contributed by atoms with Crippen molar-refractivity contribution < 1.29 is 9.18 Å². The van der Waals surface area contributed by atoms with Crippen molar-refractivity contribution in [2.24, 2.45) is 0 Å². The van der Waals surface area contributed by atoms with Gasteiger partial charge in [-0.05, 0) is 0 Å². The van der Waals surface area contributed by atoms with Crippen molar-refractivity contribution >= 4 is 6.41 Å². The van der Waals surface area contributed by atoms with Gasteiger partial charge in [-0.1, -0.05) is 6.08 Å². The smallest absolute Gasteiger partial charge is 0.221 e. The molecule has 1 atom stereocenters. The Morgan fingerprint density at radius 1 is 1.90 bits per heavy atom. The highest BCUT2D eigenvalue weighted by Crippen LogP contribution is 1.99. The summed E-state index contributed by atoms with van der Waals surface area (Å²) in [6.07, 6.45) is 0.892. The molecule has 0 aromatic heterocycles. The molecule has 3 nitrogen and oxygen atoms in total. The zero-order valence-electron chi connectivity index (χ0n) is 5.88. The molecule has 58 valence electrons. The molecule has 0 aliphatic heterocycles. The van der Waals surface area contributed by atoms with E-state index in [1.807, 2.05) is 0 Å². The Morgan fingerprint density at radius 2 is 2.50 bits per heavy atom. The molecule has 0 rings (SSSR count). The third-order valence-electron chi connectivity index (χ3n) is 1.04. The third kappa shape index (κ3) is 3.19. The van der Waals surface area contributed by atoms with Crippen LogP contribution >= 0.6 is 0 Å². The molecule has 0 aromatic carbocycles. The number of nitrogens with one attached hydrogen (secondary N) is 1. The molecule has 0 heterocycles. The summed E-state index contributed by atoms with van der Waals surface area (Å²) >= 11 is 0. The fourth-order valence-electron chi connectivity index (χ4n) is 0.460. The lowest BCUT2D eigenvalue weighted by atomic mass is 10.4. The topological polar surface area (TPSA) is 32.3 Å². The molecule has 0 saturated heterocycles. The number of alkyl halides is 1. The third-order valence-corrected chi connectivity index (χ3v) is 1.04. The largest absolute Gasteiger partial charge is 0.289 e. The first-order valence-electron chi connectivity index (χ1n) is 2.90. The quantitative estimate of drug-likeness (QED) is 0.264. The summed E-state index contributed by atoms with van der Waals surface area (Å²) in [5, 5.41) is 1.08.